The predicted octanol–water partition coefficient (Wildman–Crippen LogP) is 2.37. The van der Waals surface area contributed by atoms with Gasteiger partial charge in [0.2, 0.25) is 0 Å². The number of aromatic nitrogens is 2. The number of nitrogens with one attached hydrogen (secondary N) is 2. The van der Waals surface area contributed by atoms with Crippen molar-refractivity contribution in [1.29, 1.82) is 5.26 Å². The van der Waals surface area contributed by atoms with Gasteiger partial charge in [-0.15, -0.1) is 0 Å². The van der Waals surface area contributed by atoms with Crippen LogP contribution in [0.5, 0.6) is 0 Å². The van der Waals surface area contributed by atoms with Gasteiger partial charge in [0.25, 0.3) is 0 Å². The molecule has 1 saturated heterocycles. The van der Waals surface area contributed by atoms with E-state index in [0.717, 1.165) is 43.1 Å². The van der Waals surface area contributed by atoms with Crippen LogP contribution in [0.3, 0.4) is 0 Å². The molecule has 7 heteroatoms. The molecule has 2 aromatic rings. The third-order valence-corrected chi connectivity index (χ3v) is 5.87. The van der Waals surface area contributed by atoms with Gasteiger partial charge in [0, 0.05) is 25.7 Å². The zero-order valence-electron chi connectivity index (χ0n) is 14.7. The molecule has 7 nitrogen and oxygen atoms in total. The van der Waals surface area contributed by atoms with E-state index in [0.29, 0.717) is 19.6 Å². The van der Waals surface area contributed by atoms with Crippen LogP contribution in [-0.4, -0.2) is 40.1 Å². The second kappa shape index (κ2) is 6.52. The Balaban J connectivity index is 1.38. The molecule has 2 heterocycles. The molecule has 0 bridgehead atoms. The average molecular weight is 353 g/mol. The van der Waals surface area contributed by atoms with E-state index < -0.39 is 0 Å². The zero-order chi connectivity index (χ0) is 18.1. The largest absolute Gasteiger partial charge is 0.336 e. The molecule has 2 fully saturated rings. The number of fused-ring (bicyclic) bond motifs is 1. The van der Waals surface area contributed by atoms with Crippen LogP contribution >= 0.6 is 0 Å². The third kappa shape index (κ3) is 2.85. The van der Waals surface area contributed by atoms with Crippen LogP contribution < -0.4 is 11.0 Å². The number of hydrogen-bond donors (Lipinski definition) is 2. The maximum atomic E-state index is 12.4. The van der Waals surface area contributed by atoms with E-state index in [1.807, 2.05) is 28.8 Å². The van der Waals surface area contributed by atoms with Crippen molar-refractivity contribution in [1.82, 2.24) is 19.8 Å². The number of urea groups is 1. The van der Waals surface area contributed by atoms with Crippen molar-refractivity contribution in [3.63, 3.8) is 0 Å². The van der Waals surface area contributed by atoms with E-state index in [-0.39, 0.29) is 23.2 Å². The van der Waals surface area contributed by atoms with Gasteiger partial charge < -0.3 is 15.2 Å². The molecule has 2 aliphatic rings. The highest BCUT2D eigenvalue weighted by Gasteiger charge is 2.38. The van der Waals surface area contributed by atoms with Crippen LogP contribution in [-0.2, 0) is 0 Å². The van der Waals surface area contributed by atoms with Crippen LogP contribution in [0.4, 0.5) is 4.79 Å². The number of benzene rings is 1. The summed E-state index contributed by atoms with van der Waals surface area (Å²) in [7, 11) is 0. The fraction of sp³-hybridized carbons (Fsp3) is 0.526. The number of nitrogens with zero attached hydrogens (tertiary/aromatic N) is 3. The number of carbonyl (C=O) groups excluding carboxylic acids is 1. The van der Waals surface area contributed by atoms with Crippen molar-refractivity contribution >= 4 is 17.1 Å². The molecule has 1 aromatic heterocycles. The summed E-state index contributed by atoms with van der Waals surface area (Å²) < 4.78 is 1.82. The van der Waals surface area contributed by atoms with E-state index in [9.17, 15) is 14.9 Å². The Morgan fingerprint density at radius 2 is 2.04 bits per heavy atom. The molecule has 4 rings (SSSR count). The number of H-pyrrole nitrogens is 1. The first kappa shape index (κ1) is 16.7. The van der Waals surface area contributed by atoms with Gasteiger partial charge in [0.05, 0.1) is 22.5 Å². The van der Waals surface area contributed by atoms with Crippen LogP contribution in [0.2, 0.25) is 0 Å². The summed E-state index contributed by atoms with van der Waals surface area (Å²) in [5.41, 5.74) is 1.32. The van der Waals surface area contributed by atoms with Gasteiger partial charge in [-0.1, -0.05) is 18.6 Å². The minimum atomic E-state index is -0.356. The molecule has 0 spiro atoms. The van der Waals surface area contributed by atoms with Gasteiger partial charge >= 0.3 is 11.7 Å². The van der Waals surface area contributed by atoms with E-state index in [1.165, 1.54) is 0 Å². The number of likely N-dealkylation sites (tertiary alicyclic amines) is 1. The maximum absolute atomic E-state index is 12.4. The maximum Gasteiger partial charge on any atom is 0.326 e. The monoisotopic (exact) mass is 353 g/mol. The lowest BCUT2D eigenvalue weighted by Crippen LogP contribution is -2.49. The molecular formula is C19H23N5O2. The molecule has 1 aromatic carbocycles. The summed E-state index contributed by atoms with van der Waals surface area (Å²) in [5.74, 6) is 0. The van der Waals surface area contributed by atoms with Crippen LogP contribution in [0.25, 0.3) is 11.0 Å². The third-order valence-electron chi connectivity index (χ3n) is 5.87. The van der Waals surface area contributed by atoms with Crippen molar-refractivity contribution in [3.05, 3.63) is 34.7 Å². The number of imidazole rings is 1. The van der Waals surface area contributed by atoms with E-state index in [2.05, 4.69) is 16.4 Å². The molecule has 136 valence electrons. The fourth-order valence-electron chi connectivity index (χ4n) is 4.05. The summed E-state index contributed by atoms with van der Waals surface area (Å²) in [6.07, 6.45) is 4.30. The number of piperidine rings is 1. The van der Waals surface area contributed by atoms with Crippen LogP contribution in [0.1, 0.15) is 38.1 Å². The molecule has 0 radical (unpaired) electrons. The van der Waals surface area contributed by atoms with Crippen LogP contribution in [0, 0.1) is 16.7 Å². The van der Waals surface area contributed by atoms with Gasteiger partial charge in [0.1, 0.15) is 0 Å². The highest BCUT2D eigenvalue weighted by Crippen LogP contribution is 2.39. The number of aromatic amines is 1. The smallest absolute Gasteiger partial charge is 0.326 e. The number of carbonyl (C=O) groups is 1. The second-order valence-electron chi connectivity index (χ2n) is 7.44. The normalized spacial score (nSPS) is 19.7. The van der Waals surface area contributed by atoms with E-state index in [1.54, 1.807) is 4.90 Å². The molecule has 2 N–H and O–H groups in total. The lowest BCUT2D eigenvalue weighted by atomic mass is 9.70. The van der Waals surface area contributed by atoms with Gasteiger partial charge in [-0.2, -0.15) is 5.26 Å². The lowest BCUT2D eigenvalue weighted by molar-refractivity contribution is 0.158. The van der Waals surface area contributed by atoms with Gasteiger partial charge in [-0.25, -0.2) is 9.59 Å². The van der Waals surface area contributed by atoms with Gasteiger partial charge in [-0.3, -0.25) is 4.57 Å². The van der Waals surface area contributed by atoms with Crippen molar-refractivity contribution < 1.29 is 4.79 Å². The topological polar surface area (TPSA) is 93.9 Å². The molecule has 0 unspecified atom stereocenters. The number of hydrogen-bond acceptors (Lipinski definition) is 3. The SMILES string of the molecule is N#CC1(CNC(=O)N2CCC(n3c(=O)[nH]c4ccccc43)CC2)CCC1. The molecule has 1 aliphatic heterocycles. The Morgan fingerprint density at radius 3 is 2.69 bits per heavy atom. The summed E-state index contributed by atoms with van der Waals surface area (Å²) in [5, 5.41) is 12.2. The second-order valence-corrected chi connectivity index (χ2v) is 7.44. The number of para-hydroxylation sites is 2. The van der Waals surface area contributed by atoms with Gasteiger partial charge in [0.15, 0.2) is 0 Å². The Morgan fingerprint density at radius 1 is 1.31 bits per heavy atom. The number of rotatable bonds is 3. The quantitative estimate of drug-likeness (QED) is 0.887. The predicted molar refractivity (Wildman–Crippen MR) is 97.7 cm³/mol. The Hall–Kier alpha value is -2.75. The van der Waals surface area contributed by atoms with Crippen molar-refractivity contribution in [3.8, 4) is 6.07 Å². The van der Waals surface area contributed by atoms with Crippen molar-refractivity contribution in [2.75, 3.05) is 19.6 Å². The Bertz CT molecular complexity index is 910. The fourth-order valence-corrected chi connectivity index (χ4v) is 4.05. The number of nitriles is 1. The van der Waals surface area contributed by atoms with Crippen LogP contribution in [0.15, 0.2) is 29.1 Å². The number of amides is 2. The lowest BCUT2D eigenvalue weighted by Gasteiger charge is -2.37. The summed E-state index contributed by atoms with van der Waals surface area (Å²) >= 11 is 0. The Kier molecular flexibility index (Phi) is 4.19. The Labute approximate surface area is 151 Å². The summed E-state index contributed by atoms with van der Waals surface area (Å²) in [4.78, 5) is 29.4. The standard InChI is InChI=1S/C19H23N5O2/c20-12-19(8-3-9-19)13-21-17(25)23-10-6-14(7-11-23)24-16-5-2-1-4-15(16)22-18(24)26/h1-2,4-5,14H,3,6-11,13H2,(H,21,25)(H,22,26). The van der Waals surface area contributed by atoms with Crippen molar-refractivity contribution in [2.45, 2.75) is 38.1 Å². The minimum Gasteiger partial charge on any atom is -0.336 e. The first-order valence-corrected chi connectivity index (χ1v) is 9.25. The van der Waals surface area contributed by atoms with E-state index >= 15 is 0 Å². The molecular weight excluding hydrogens is 330 g/mol. The first-order valence-electron chi connectivity index (χ1n) is 9.25. The minimum absolute atomic E-state index is 0.0879. The zero-order valence-corrected chi connectivity index (χ0v) is 14.7. The first-order chi connectivity index (χ1) is 12.6. The molecule has 1 saturated carbocycles. The molecule has 1 aliphatic carbocycles. The molecule has 2 amide bonds. The summed E-state index contributed by atoms with van der Waals surface area (Å²) in [6, 6.07) is 10.0. The highest BCUT2D eigenvalue weighted by atomic mass is 16.2. The van der Waals surface area contributed by atoms with Gasteiger partial charge in [-0.05, 0) is 37.8 Å². The molecule has 26 heavy (non-hydrogen) atoms. The van der Waals surface area contributed by atoms with Crippen molar-refractivity contribution in [2.24, 2.45) is 5.41 Å². The molecule has 0 atom stereocenters. The highest BCUT2D eigenvalue weighted by molar-refractivity contribution is 5.75. The van der Waals surface area contributed by atoms with E-state index in [4.69, 9.17) is 0 Å². The summed E-state index contributed by atoms with van der Waals surface area (Å²) in [6.45, 7) is 1.66. The average Bonchev–Trinajstić information content (AvgIpc) is 2.97.